The molecular weight excluding hydrogens is 298 g/mol. The van der Waals surface area contributed by atoms with Crippen LogP contribution < -0.4 is 16.0 Å². The lowest BCUT2D eigenvalue weighted by atomic mass is 10.1. The van der Waals surface area contributed by atoms with E-state index in [2.05, 4.69) is 16.0 Å². The van der Waals surface area contributed by atoms with Crippen molar-refractivity contribution in [1.29, 1.82) is 0 Å². The van der Waals surface area contributed by atoms with Crippen LogP contribution in [0.1, 0.15) is 24.8 Å². The van der Waals surface area contributed by atoms with Gasteiger partial charge in [-0.15, -0.1) is 0 Å². The molecule has 1 fully saturated rings. The summed E-state index contributed by atoms with van der Waals surface area (Å²) >= 11 is 0. The van der Waals surface area contributed by atoms with E-state index >= 15 is 0 Å². The summed E-state index contributed by atoms with van der Waals surface area (Å²) in [5.74, 6) is -0.675. The van der Waals surface area contributed by atoms with Crippen LogP contribution >= 0.6 is 0 Å². The monoisotopic (exact) mass is 317 g/mol. The number of fused-ring (bicyclic) bond motifs is 1. The SMILES string of the molecule is O=C(O)N[C@H](C(=O)N[C@H]1CCc2ccccc2NC1=O)C1CC1. The van der Waals surface area contributed by atoms with Gasteiger partial charge in [0.15, 0.2) is 0 Å². The number of anilines is 1. The Hall–Kier alpha value is -2.57. The number of carbonyl (C=O) groups is 3. The molecular formula is C16H19N3O4. The van der Waals surface area contributed by atoms with E-state index < -0.39 is 24.1 Å². The summed E-state index contributed by atoms with van der Waals surface area (Å²) in [4.78, 5) is 35.5. The smallest absolute Gasteiger partial charge is 0.405 e. The van der Waals surface area contributed by atoms with Gasteiger partial charge in [0.2, 0.25) is 11.8 Å². The number of carbonyl (C=O) groups excluding carboxylic acids is 2. The summed E-state index contributed by atoms with van der Waals surface area (Å²) in [6.45, 7) is 0. The Labute approximate surface area is 133 Å². The van der Waals surface area contributed by atoms with E-state index in [0.29, 0.717) is 12.8 Å². The molecule has 0 bridgehead atoms. The van der Waals surface area contributed by atoms with Crippen LogP contribution in [-0.4, -0.2) is 35.1 Å². The summed E-state index contributed by atoms with van der Waals surface area (Å²) in [5, 5.41) is 16.6. The highest BCUT2D eigenvalue weighted by Crippen LogP contribution is 2.33. The van der Waals surface area contributed by atoms with Gasteiger partial charge < -0.3 is 21.1 Å². The summed E-state index contributed by atoms with van der Waals surface area (Å²) in [6.07, 6.45) is 1.57. The molecule has 0 radical (unpaired) electrons. The summed E-state index contributed by atoms with van der Waals surface area (Å²) in [6, 6.07) is 6.08. The molecule has 23 heavy (non-hydrogen) atoms. The standard InChI is InChI=1S/C16H19N3O4/c20-14-12(8-7-9-3-1-2-4-11(9)17-14)18-15(21)13(10-5-6-10)19-16(22)23/h1-4,10,12-13,19H,5-8H2,(H,17,20)(H,18,21)(H,22,23)/t12-,13-/m0/s1. The van der Waals surface area contributed by atoms with Gasteiger partial charge in [0.25, 0.3) is 0 Å². The van der Waals surface area contributed by atoms with Crippen LogP contribution in [0.5, 0.6) is 0 Å². The van der Waals surface area contributed by atoms with Crippen LogP contribution in [0.2, 0.25) is 0 Å². The van der Waals surface area contributed by atoms with Gasteiger partial charge in [-0.25, -0.2) is 4.79 Å². The van der Waals surface area contributed by atoms with Gasteiger partial charge in [-0.3, -0.25) is 9.59 Å². The van der Waals surface area contributed by atoms with Crippen LogP contribution in [-0.2, 0) is 16.0 Å². The number of benzene rings is 1. The molecule has 1 saturated carbocycles. The maximum absolute atomic E-state index is 12.3. The fourth-order valence-electron chi connectivity index (χ4n) is 2.87. The van der Waals surface area contributed by atoms with Crippen LogP contribution in [0.4, 0.5) is 10.5 Å². The average Bonchev–Trinajstić information content (AvgIpc) is 3.34. The molecule has 3 amide bonds. The molecule has 2 atom stereocenters. The molecule has 122 valence electrons. The van der Waals surface area contributed by atoms with Gasteiger partial charge in [-0.2, -0.15) is 0 Å². The van der Waals surface area contributed by atoms with Crippen molar-refractivity contribution in [2.75, 3.05) is 5.32 Å². The molecule has 1 heterocycles. The maximum Gasteiger partial charge on any atom is 0.405 e. The Morgan fingerprint density at radius 2 is 1.96 bits per heavy atom. The van der Waals surface area contributed by atoms with Crippen molar-refractivity contribution in [2.24, 2.45) is 5.92 Å². The number of amides is 3. The Kier molecular flexibility index (Phi) is 4.18. The van der Waals surface area contributed by atoms with E-state index in [0.717, 1.165) is 24.1 Å². The predicted molar refractivity (Wildman–Crippen MR) is 83.0 cm³/mol. The first-order valence-electron chi connectivity index (χ1n) is 7.73. The van der Waals surface area contributed by atoms with Crippen LogP contribution in [0, 0.1) is 5.92 Å². The number of rotatable bonds is 4. The average molecular weight is 317 g/mol. The van der Waals surface area contributed by atoms with E-state index in [1.807, 2.05) is 24.3 Å². The minimum atomic E-state index is -1.23. The number of nitrogens with one attached hydrogen (secondary N) is 3. The van der Waals surface area contributed by atoms with Gasteiger partial charge >= 0.3 is 6.09 Å². The highest BCUT2D eigenvalue weighted by atomic mass is 16.4. The second kappa shape index (κ2) is 6.28. The predicted octanol–water partition coefficient (Wildman–Crippen LogP) is 1.10. The summed E-state index contributed by atoms with van der Waals surface area (Å²) in [5.41, 5.74) is 1.79. The Morgan fingerprint density at radius 3 is 2.65 bits per heavy atom. The van der Waals surface area contributed by atoms with E-state index in [1.54, 1.807) is 0 Å². The normalized spacial score (nSPS) is 21.4. The number of para-hydroxylation sites is 1. The lowest BCUT2D eigenvalue weighted by Gasteiger charge is -2.20. The molecule has 1 aliphatic carbocycles. The van der Waals surface area contributed by atoms with E-state index in [9.17, 15) is 14.4 Å². The first-order valence-corrected chi connectivity index (χ1v) is 7.73. The summed E-state index contributed by atoms with van der Waals surface area (Å²) < 4.78 is 0. The third kappa shape index (κ3) is 3.61. The molecule has 2 aliphatic rings. The van der Waals surface area contributed by atoms with Crippen molar-refractivity contribution < 1.29 is 19.5 Å². The van der Waals surface area contributed by atoms with Gasteiger partial charge in [0.05, 0.1) is 0 Å². The fourth-order valence-corrected chi connectivity index (χ4v) is 2.87. The third-order valence-corrected chi connectivity index (χ3v) is 4.27. The molecule has 7 heteroatoms. The quantitative estimate of drug-likeness (QED) is 0.667. The van der Waals surface area contributed by atoms with Gasteiger partial charge in [-0.05, 0) is 43.2 Å². The largest absolute Gasteiger partial charge is 0.465 e. The molecule has 1 aromatic carbocycles. The number of hydrogen-bond acceptors (Lipinski definition) is 3. The van der Waals surface area contributed by atoms with Crippen molar-refractivity contribution in [3.05, 3.63) is 29.8 Å². The van der Waals surface area contributed by atoms with Gasteiger partial charge in [0.1, 0.15) is 12.1 Å². The molecule has 1 aliphatic heterocycles. The highest BCUT2D eigenvalue weighted by Gasteiger charge is 2.38. The van der Waals surface area contributed by atoms with Crippen molar-refractivity contribution in [3.63, 3.8) is 0 Å². The van der Waals surface area contributed by atoms with Crippen molar-refractivity contribution in [1.82, 2.24) is 10.6 Å². The minimum Gasteiger partial charge on any atom is -0.465 e. The van der Waals surface area contributed by atoms with Crippen molar-refractivity contribution in [2.45, 2.75) is 37.8 Å². The first-order chi connectivity index (χ1) is 11.0. The zero-order valence-electron chi connectivity index (χ0n) is 12.5. The Morgan fingerprint density at radius 1 is 1.22 bits per heavy atom. The first kappa shape index (κ1) is 15.3. The second-order valence-corrected chi connectivity index (χ2v) is 6.01. The number of hydrogen-bond donors (Lipinski definition) is 4. The number of aryl methyl sites for hydroxylation is 1. The Balaban J connectivity index is 1.66. The van der Waals surface area contributed by atoms with Crippen LogP contribution in [0.15, 0.2) is 24.3 Å². The van der Waals surface area contributed by atoms with E-state index in [-0.39, 0.29) is 11.8 Å². The lowest BCUT2D eigenvalue weighted by Crippen LogP contribution is -2.53. The molecule has 0 saturated heterocycles. The Bertz CT molecular complexity index is 642. The number of carboxylic acid groups (broad SMARTS) is 1. The fraction of sp³-hybridized carbons (Fsp3) is 0.438. The van der Waals surface area contributed by atoms with Crippen LogP contribution in [0.3, 0.4) is 0 Å². The van der Waals surface area contributed by atoms with Gasteiger partial charge in [-0.1, -0.05) is 18.2 Å². The minimum absolute atomic E-state index is 0.0251. The van der Waals surface area contributed by atoms with Crippen molar-refractivity contribution >= 4 is 23.6 Å². The van der Waals surface area contributed by atoms with E-state index in [1.165, 1.54) is 0 Å². The zero-order valence-corrected chi connectivity index (χ0v) is 12.5. The van der Waals surface area contributed by atoms with Crippen LogP contribution in [0.25, 0.3) is 0 Å². The van der Waals surface area contributed by atoms with Gasteiger partial charge in [0, 0.05) is 5.69 Å². The molecule has 1 aromatic rings. The molecule has 7 nitrogen and oxygen atoms in total. The molecule has 3 rings (SSSR count). The molecule has 0 unspecified atom stereocenters. The van der Waals surface area contributed by atoms with E-state index in [4.69, 9.17) is 5.11 Å². The second-order valence-electron chi connectivity index (χ2n) is 6.01. The third-order valence-electron chi connectivity index (χ3n) is 4.27. The summed E-state index contributed by atoms with van der Waals surface area (Å²) in [7, 11) is 0. The zero-order chi connectivity index (χ0) is 16.4. The molecule has 4 N–H and O–H groups in total. The lowest BCUT2D eigenvalue weighted by molar-refractivity contribution is -0.128. The highest BCUT2D eigenvalue weighted by molar-refractivity contribution is 5.99. The topological polar surface area (TPSA) is 108 Å². The maximum atomic E-state index is 12.3. The molecule has 0 aromatic heterocycles. The molecule has 0 spiro atoms. The van der Waals surface area contributed by atoms with Crippen molar-refractivity contribution in [3.8, 4) is 0 Å².